The molecule has 2 aromatic carbocycles. The van der Waals surface area contributed by atoms with Crippen molar-refractivity contribution in [3.63, 3.8) is 0 Å². The number of imide groups is 1. The molecule has 0 aliphatic carbocycles. The van der Waals surface area contributed by atoms with Crippen LogP contribution in [0.5, 0.6) is 0 Å². The zero-order valence-electron chi connectivity index (χ0n) is 18.9. The van der Waals surface area contributed by atoms with Gasteiger partial charge in [-0.1, -0.05) is 24.3 Å². The number of carbonyl (C=O) groups excluding carboxylic acids is 2. The molecule has 0 saturated heterocycles. The van der Waals surface area contributed by atoms with Crippen LogP contribution < -0.4 is 10.6 Å². The fraction of sp³-hybridized carbons (Fsp3) is 0.280. The van der Waals surface area contributed by atoms with Gasteiger partial charge in [0.1, 0.15) is 0 Å². The predicted octanol–water partition coefficient (Wildman–Crippen LogP) is 3.17. The van der Waals surface area contributed by atoms with Crippen LogP contribution in [0.2, 0.25) is 0 Å². The molecule has 2 amide bonds. The first-order valence-electron chi connectivity index (χ1n) is 11.1. The Morgan fingerprint density at radius 1 is 1.03 bits per heavy atom. The van der Waals surface area contributed by atoms with Gasteiger partial charge in [-0.05, 0) is 55.7 Å². The molecule has 4 rings (SSSR count). The fourth-order valence-electron chi connectivity index (χ4n) is 3.89. The largest absolute Gasteiger partial charge is 0.356 e. The number of aliphatic imine (C=N–C) groups is 1. The summed E-state index contributed by atoms with van der Waals surface area (Å²) in [6.45, 7) is 3.18. The summed E-state index contributed by atoms with van der Waals surface area (Å²) in [5.41, 5.74) is 3.12. The van der Waals surface area contributed by atoms with E-state index in [0.29, 0.717) is 30.2 Å². The van der Waals surface area contributed by atoms with Crippen molar-refractivity contribution in [1.29, 1.82) is 0 Å². The molecule has 1 aromatic heterocycles. The molecule has 8 nitrogen and oxygen atoms in total. The minimum atomic E-state index is -0.202. The summed E-state index contributed by atoms with van der Waals surface area (Å²) in [6.07, 6.45) is 5.20. The van der Waals surface area contributed by atoms with Crippen LogP contribution >= 0.6 is 0 Å². The summed E-state index contributed by atoms with van der Waals surface area (Å²) < 4.78 is 1.83. The molecule has 33 heavy (non-hydrogen) atoms. The van der Waals surface area contributed by atoms with Gasteiger partial charge < -0.3 is 10.6 Å². The van der Waals surface area contributed by atoms with Crippen molar-refractivity contribution in [3.05, 3.63) is 83.7 Å². The van der Waals surface area contributed by atoms with E-state index < -0.39 is 0 Å². The number of hydrogen-bond donors (Lipinski definition) is 2. The van der Waals surface area contributed by atoms with Crippen LogP contribution in [-0.4, -0.2) is 52.6 Å². The minimum Gasteiger partial charge on any atom is -0.356 e. The number of nitrogens with zero attached hydrogens (tertiary/aromatic N) is 4. The standard InChI is InChI=1S/C25H28N6O2/c1-18(19-9-7-10-20(17-19)31-16-8-14-28-31)29-25(26-2)27-13-5-6-15-30-23(32)21-11-3-4-12-22(21)24(30)33/h3-4,7-12,14,16-18H,5-6,13,15H2,1-2H3,(H2,26,27,29). The van der Waals surface area contributed by atoms with Crippen LogP contribution in [-0.2, 0) is 0 Å². The highest BCUT2D eigenvalue weighted by atomic mass is 16.2. The van der Waals surface area contributed by atoms with Gasteiger partial charge in [0.25, 0.3) is 11.8 Å². The van der Waals surface area contributed by atoms with E-state index >= 15 is 0 Å². The maximum atomic E-state index is 12.4. The van der Waals surface area contributed by atoms with Crippen molar-refractivity contribution in [2.45, 2.75) is 25.8 Å². The second-order valence-corrected chi connectivity index (χ2v) is 7.93. The van der Waals surface area contributed by atoms with E-state index in [9.17, 15) is 9.59 Å². The van der Waals surface area contributed by atoms with E-state index in [0.717, 1.165) is 24.1 Å². The number of nitrogens with one attached hydrogen (secondary N) is 2. The Labute approximate surface area is 193 Å². The molecule has 0 saturated carbocycles. The molecule has 0 spiro atoms. The van der Waals surface area contributed by atoms with Gasteiger partial charge in [0.05, 0.1) is 22.9 Å². The molecular formula is C25H28N6O2. The third-order valence-corrected chi connectivity index (χ3v) is 5.70. The SMILES string of the molecule is CN=C(NCCCCN1C(=O)c2ccccc2C1=O)NC(C)c1cccc(-n2cccn2)c1. The Balaban J connectivity index is 1.23. The van der Waals surface area contributed by atoms with E-state index in [1.165, 1.54) is 4.90 Å². The number of rotatable bonds is 8. The molecule has 1 aliphatic heterocycles. The molecular weight excluding hydrogens is 416 g/mol. The lowest BCUT2D eigenvalue weighted by atomic mass is 10.1. The van der Waals surface area contributed by atoms with Gasteiger partial charge in [-0.25, -0.2) is 4.68 Å². The number of unbranched alkanes of at least 4 members (excludes halogenated alkanes) is 1. The van der Waals surface area contributed by atoms with Crippen molar-refractivity contribution in [2.75, 3.05) is 20.1 Å². The Hall–Kier alpha value is -3.94. The molecule has 2 heterocycles. The maximum absolute atomic E-state index is 12.4. The van der Waals surface area contributed by atoms with Crippen molar-refractivity contribution in [2.24, 2.45) is 4.99 Å². The lowest BCUT2D eigenvalue weighted by Crippen LogP contribution is -2.39. The lowest BCUT2D eigenvalue weighted by molar-refractivity contribution is 0.0652. The van der Waals surface area contributed by atoms with E-state index in [1.54, 1.807) is 37.5 Å². The second kappa shape index (κ2) is 10.1. The highest BCUT2D eigenvalue weighted by molar-refractivity contribution is 6.21. The van der Waals surface area contributed by atoms with Crippen molar-refractivity contribution >= 4 is 17.8 Å². The highest BCUT2D eigenvalue weighted by Crippen LogP contribution is 2.22. The summed E-state index contributed by atoms with van der Waals surface area (Å²) in [6, 6.07) is 17.1. The van der Waals surface area contributed by atoms with E-state index in [-0.39, 0.29) is 17.9 Å². The number of amides is 2. The summed E-state index contributed by atoms with van der Waals surface area (Å²) in [5, 5.41) is 11.0. The van der Waals surface area contributed by atoms with Gasteiger partial charge in [0, 0.05) is 32.5 Å². The Morgan fingerprint density at radius 2 is 1.79 bits per heavy atom. The maximum Gasteiger partial charge on any atom is 0.261 e. The molecule has 8 heteroatoms. The number of carbonyl (C=O) groups is 2. The molecule has 0 bridgehead atoms. The minimum absolute atomic E-state index is 0.0464. The third-order valence-electron chi connectivity index (χ3n) is 5.70. The number of fused-ring (bicyclic) bond motifs is 1. The summed E-state index contributed by atoms with van der Waals surface area (Å²) >= 11 is 0. The molecule has 170 valence electrons. The quantitative estimate of drug-likeness (QED) is 0.241. The smallest absolute Gasteiger partial charge is 0.261 e. The molecule has 1 aliphatic rings. The summed E-state index contributed by atoms with van der Waals surface area (Å²) in [5.74, 6) is 0.298. The number of guanidine groups is 1. The first-order chi connectivity index (χ1) is 16.1. The number of aromatic nitrogens is 2. The van der Waals surface area contributed by atoms with Crippen LogP contribution in [0.15, 0.2) is 72.0 Å². The molecule has 1 atom stereocenters. The third kappa shape index (κ3) is 4.95. The van der Waals surface area contributed by atoms with Crippen molar-refractivity contribution in [3.8, 4) is 5.69 Å². The van der Waals surface area contributed by atoms with E-state index in [1.807, 2.05) is 29.1 Å². The average molecular weight is 445 g/mol. The van der Waals surface area contributed by atoms with Gasteiger partial charge in [-0.15, -0.1) is 0 Å². The normalized spacial score (nSPS) is 14.4. The second-order valence-electron chi connectivity index (χ2n) is 7.93. The van der Waals surface area contributed by atoms with E-state index in [4.69, 9.17) is 0 Å². The average Bonchev–Trinajstić information content (AvgIpc) is 3.47. The van der Waals surface area contributed by atoms with Crippen LogP contribution in [0.25, 0.3) is 5.69 Å². The molecule has 3 aromatic rings. The number of hydrogen-bond acceptors (Lipinski definition) is 4. The van der Waals surface area contributed by atoms with Crippen molar-refractivity contribution < 1.29 is 9.59 Å². The monoisotopic (exact) mass is 444 g/mol. The topological polar surface area (TPSA) is 91.6 Å². The number of benzene rings is 2. The summed E-state index contributed by atoms with van der Waals surface area (Å²) in [7, 11) is 1.74. The first kappa shape index (κ1) is 22.3. The zero-order chi connectivity index (χ0) is 23.2. The van der Waals surface area contributed by atoms with Crippen LogP contribution in [0, 0.1) is 0 Å². The van der Waals surface area contributed by atoms with Crippen LogP contribution in [0.4, 0.5) is 0 Å². The Kier molecular flexibility index (Phi) is 6.83. The van der Waals surface area contributed by atoms with Gasteiger partial charge >= 0.3 is 0 Å². The Morgan fingerprint density at radius 3 is 2.45 bits per heavy atom. The molecule has 0 fully saturated rings. The summed E-state index contributed by atoms with van der Waals surface area (Å²) in [4.78, 5) is 30.5. The first-order valence-corrected chi connectivity index (χ1v) is 11.1. The van der Waals surface area contributed by atoms with Crippen LogP contribution in [0.1, 0.15) is 52.1 Å². The fourth-order valence-corrected chi connectivity index (χ4v) is 3.89. The molecule has 0 radical (unpaired) electrons. The Bertz CT molecular complexity index is 1120. The predicted molar refractivity (Wildman–Crippen MR) is 128 cm³/mol. The van der Waals surface area contributed by atoms with E-state index in [2.05, 4.69) is 39.8 Å². The van der Waals surface area contributed by atoms with Gasteiger partial charge in [-0.3, -0.25) is 19.5 Å². The zero-order valence-corrected chi connectivity index (χ0v) is 18.9. The van der Waals surface area contributed by atoms with Crippen LogP contribution in [0.3, 0.4) is 0 Å². The van der Waals surface area contributed by atoms with Gasteiger partial charge in [0.2, 0.25) is 0 Å². The van der Waals surface area contributed by atoms with Gasteiger partial charge in [0.15, 0.2) is 5.96 Å². The van der Waals surface area contributed by atoms with Crippen molar-refractivity contribution in [1.82, 2.24) is 25.3 Å². The molecule has 2 N–H and O–H groups in total. The van der Waals surface area contributed by atoms with Gasteiger partial charge in [-0.2, -0.15) is 5.10 Å². The molecule has 1 unspecified atom stereocenters. The lowest BCUT2D eigenvalue weighted by Gasteiger charge is -2.19. The highest BCUT2D eigenvalue weighted by Gasteiger charge is 2.34.